The zero-order valence-corrected chi connectivity index (χ0v) is 38.4. The molecule has 5 aromatic rings. The Morgan fingerprint density at radius 2 is 1.14 bits per heavy atom. The van der Waals surface area contributed by atoms with Crippen LogP contribution in [0.25, 0.3) is 44.4 Å². The summed E-state index contributed by atoms with van der Waals surface area (Å²) in [6, 6.07) is 16.3. The number of methoxy groups -OCH3 is 2. The van der Waals surface area contributed by atoms with Crippen LogP contribution in [0.3, 0.4) is 0 Å². The highest BCUT2D eigenvalue weighted by Crippen LogP contribution is 2.52. The highest BCUT2D eigenvalue weighted by atomic mass is 16.5. The van der Waals surface area contributed by atoms with Gasteiger partial charge in [0.15, 0.2) is 0 Å². The third-order valence-corrected chi connectivity index (χ3v) is 14.1. The van der Waals surface area contributed by atoms with Gasteiger partial charge in [-0.15, -0.1) is 0 Å². The minimum Gasteiger partial charge on any atom is -0.453 e. The molecule has 65 heavy (non-hydrogen) atoms. The SMILES string of the molecule is COC(=O)N[C@H](C(=O)N1CCC[C@H]1c1ncc(-c2ccc3cc(-c4ccc(-c5cnc([C@@H]6CCCN6C(=O)[C@@H](NC(=O)OC)C(C)C)[nH]5)c5c4C4CC(C)CC5N4)ccc3c2)[nH]1)C(C)C. The zero-order valence-electron chi connectivity index (χ0n) is 38.4. The lowest BCUT2D eigenvalue weighted by atomic mass is 9.87. The van der Waals surface area contributed by atoms with E-state index in [2.05, 4.69) is 81.4 Å². The first-order valence-electron chi connectivity index (χ1n) is 23.2. The molecule has 9 rings (SSSR count). The van der Waals surface area contributed by atoms with Crippen LogP contribution in [0.2, 0.25) is 0 Å². The molecule has 15 heteroatoms. The number of nitrogens with zero attached hydrogens (tertiary/aromatic N) is 4. The number of amides is 4. The molecule has 3 unspecified atom stereocenters. The zero-order chi connectivity index (χ0) is 45.7. The van der Waals surface area contributed by atoms with E-state index in [-0.39, 0.29) is 47.8 Å². The molecule has 2 bridgehead atoms. The molecule has 3 fully saturated rings. The smallest absolute Gasteiger partial charge is 0.407 e. The summed E-state index contributed by atoms with van der Waals surface area (Å²) < 4.78 is 9.63. The summed E-state index contributed by atoms with van der Waals surface area (Å²) in [6.07, 6.45) is 7.89. The summed E-state index contributed by atoms with van der Waals surface area (Å²) in [5, 5.41) is 11.7. The van der Waals surface area contributed by atoms with E-state index in [9.17, 15) is 19.2 Å². The standard InChI is InChI=1S/C50H61N9O6/c1-26(2)43(56-49(62)64-6)47(60)58-18-8-10-39(58)45-51-24-37(54-45)32-15-13-29-22-31(14-12-30(29)23-32)33-16-17-34(42-36-21-28(5)20-35(53-36)41(33)42)38-25-52-46(55-38)40-11-9-19-59(40)48(61)44(27(3)4)57-50(63)65-7/h12-17,22-28,35-36,39-40,43-44,53H,8-11,18-21H2,1-7H3,(H,51,54)(H,52,55)(H,56,62)(H,57,63)/t28?,35?,36?,39-,40-,43-,44-/m0/s1. The van der Waals surface area contributed by atoms with Crippen LogP contribution in [0.5, 0.6) is 0 Å². The minimum atomic E-state index is -0.695. The summed E-state index contributed by atoms with van der Waals surface area (Å²) in [6.45, 7) is 11.2. The molecule has 342 valence electrons. The van der Waals surface area contributed by atoms with E-state index in [4.69, 9.17) is 19.4 Å². The van der Waals surface area contributed by atoms with Gasteiger partial charge < -0.3 is 45.2 Å². The number of benzene rings is 3. The van der Waals surface area contributed by atoms with Crippen LogP contribution in [-0.4, -0.2) is 93.1 Å². The van der Waals surface area contributed by atoms with Crippen LogP contribution >= 0.6 is 0 Å². The van der Waals surface area contributed by atoms with E-state index in [0.717, 1.165) is 89.0 Å². The molecule has 15 nitrogen and oxygen atoms in total. The number of H-pyrrole nitrogens is 2. The molecule has 2 aromatic heterocycles. The Morgan fingerprint density at radius 3 is 1.68 bits per heavy atom. The van der Waals surface area contributed by atoms with Gasteiger partial charge in [0.05, 0.1) is 50.1 Å². The second-order valence-electron chi connectivity index (χ2n) is 19.1. The van der Waals surface area contributed by atoms with Crippen molar-refractivity contribution in [3.63, 3.8) is 0 Å². The molecule has 4 amide bonds. The first kappa shape index (κ1) is 44.0. The molecule has 0 spiro atoms. The summed E-state index contributed by atoms with van der Waals surface area (Å²) in [5.41, 5.74) is 9.01. The third kappa shape index (κ3) is 8.34. The number of ether oxygens (including phenoxy) is 2. The van der Waals surface area contributed by atoms with Crippen LogP contribution in [0.1, 0.15) is 120 Å². The Hall–Kier alpha value is -6.22. The van der Waals surface area contributed by atoms with Crippen molar-refractivity contribution in [1.29, 1.82) is 0 Å². The third-order valence-electron chi connectivity index (χ3n) is 14.1. The van der Waals surface area contributed by atoms with E-state index in [0.29, 0.717) is 19.0 Å². The van der Waals surface area contributed by atoms with Crippen LogP contribution in [0.15, 0.2) is 60.9 Å². The lowest BCUT2D eigenvalue weighted by Crippen LogP contribution is -2.51. The first-order valence-corrected chi connectivity index (χ1v) is 23.2. The number of likely N-dealkylation sites (tertiary alicyclic amines) is 2. The fourth-order valence-electron chi connectivity index (χ4n) is 10.8. The highest BCUT2D eigenvalue weighted by Gasteiger charge is 2.42. The van der Waals surface area contributed by atoms with Crippen LogP contribution in [-0.2, 0) is 19.1 Å². The van der Waals surface area contributed by atoms with Crippen LogP contribution < -0.4 is 16.0 Å². The summed E-state index contributed by atoms with van der Waals surface area (Å²) >= 11 is 0. The largest absolute Gasteiger partial charge is 0.453 e. The molecule has 5 N–H and O–H groups in total. The van der Waals surface area contributed by atoms with Gasteiger partial charge in [0.2, 0.25) is 11.8 Å². The summed E-state index contributed by atoms with van der Waals surface area (Å²) in [4.78, 5) is 72.3. The molecule has 0 saturated carbocycles. The number of aromatic nitrogens is 4. The monoisotopic (exact) mass is 883 g/mol. The maximum Gasteiger partial charge on any atom is 0.407 e. The maximum atomic E-state index is 13.9. The van der Waals surface area contributed by atoms with Gasteiger partial charge in [-0.25, -0.2) is 19.6 Å². The van der Waals surface area contributed by atoms with Crippen molar-refractivity contribution in [2.75, 3.05) is 27.3 Å². The number of piperidine rings is 1. The molecule has 4 aliphatic rings. The molecular formula is C50H61N9O6. The van der Waals surface area contributed by atoms with Crippen molar-refractivity contribution >= 4 is 34.8 Å². The van der Waals surface area contributed by atoms with Crippen molar-refractivity contribution in [2.24, 2.45) is 17.8 Å². The van der Waals surface area contributed by atoms with Crippen LogP contribution in [0.4, 0.5) is 9.59 Å². The van der Waals surface area contributed by atoms with Crippen molar-refractivity contribution in [2.45, 2.75) is 109 Å². The van der Waals surface area contributed by atoms with Gasteiger partial charge in [-0.3, -0.25) is 9.59 Å². The Balaban J connectivity index is 0.973. The van der Waals surface area contributed by atoms with Gasteiger partial charge in [0.1, 0.15) is 23.7 Å². The number of carbonyl (C=O) groups is 4. The van der Waals surface area contributed by atoms with E-state index in [1.807, 2.05) is 49.9 Å². The number of nitrogens with one attached hydrogen (secondary N) is 5. The molecule has 4 aliphatic heterocycles. The lowest BCUT2D eigenvalue weighted by molar-refractivity contribution is -0.136. The molecule has 6 heterocycles. The number of alkyl carbamates (subject to hydrolysis) is 2. The van der Waals surface area contributed by atoms with Crippen molar-refractivity contribution in [3.05, 3.63) is 83.7 Å². The Morgan fingerprint density at radius 1 is 0.662 bits per heavy atom. The Kier molecular flexibility index (Phi) is 12.2. The molecule has 0 aliphatic carbocycles. The van der Waals surface area contributed by atoms with Crippen LogP contribution in [0, 0.1) is 17.8 Å². The lowest BCUT2D eigenvalue weighted by Gasteiger charge is -2.30. The van der Waals surface area contributed by atoms with Gasteiger partial charge >= 0.3 is 12.2 Å². The quantitative estimate of drug-likeness (QED) is 0.0867. The number of imidazole rings is 2. The minimum absolute atomic E-state index is 0.109. The molecule has 7 atom stereocenters. The number of aromatic amines is 2. The number of hydrogen-bond acceptors (Lipinski definition) is 9. The van der Waals surface area contributed by atoms with Crippen molar-refractivity contribution in [3.8, 4) is 33.6 Å². The molecule has 3 saturated heterocycles. The topological polar surface area (TPSA) is 187 Å². The Labute approximate surface area is 379 Å². The summed E-state index contributed by atoms with van der Waals surface area (Å²) in [5.74, 6) is 1.58. The predicted molar refractivity (Wildman–Crippen MR) is 247 cm³/mol. The maximum absolute atomic E-state index is 13.9. The van der Waals surface area contributed by atoms with Gasteiger partial charge in [0.25, 0.3) is 0 Å². The average molecular weight is 884 g/mol. The van der Waals surface area contributed by atoms with Gasteiger partial charge in [0, 0.05) is 36.3 Å². The fourth-order valence-corrected chi connectivity index (χ4v) is 10.8. The highest BCUT2D eigenvalue weighted by molar-refractivity contribution is 5.92. The first-order chi connectivity index (χ1) is 31.3. The van der Waals surface area contributed by atoms with Crippen molar-refractivity contribution in [1.82, 2.24) is 45.7 Å². The number of carbonyl (C=O) groups excluding carboxylic acids is 4. The molecule has 3 aromatic carbocycles. The number of fused-ring (bicyclic) bond motifs is 6. The van der Waals surface area contributed by atoms with Gasteiger partial charge in [-0.2, -0.15) is 0 Å². The number of hydrogen-bond donors (Lipinski definition) is 5. The van der Waals surface area contributed by atoms with Gasteiger partial charge in [-0.05, 0) is 101 Å². The molecular weight excluding hydrogens is 823 g/mol. The summed E-state index contributed by atoms with van der Waals surface area (Å²) in [7, 11) is 2.61. The van der Waals surface area contributed by atoms with E-state index in [1.54, 1.807) is 0 Å². The molecule has 0 radical (unpaired) electrons. The van der Waals surface area contributed by atoms with Crippen molar-refractivity contribution < 1.29 is 28.7 Å². The van der Waals surface area contributed by atoms with E-state index in [1.165, 1.54) is 30.9 Å². The average Bonchev–Trinajstić information content (AvgIpc) is 4.16. The Bertz CT molecular complexity index is 2620. The van der Waals surface area contributed by atoms with E-state index < -0.39 is 24.3 Å². The predicted octanol–water partition coefficient (Wildman–Crippen LogP) is 8.49. The normalized spacial score (nSPS) is 22.3. The van der Waals surface area contributed by atoms with E-state index >= 15 is 0 Å². The second-order valence-corrected chi connectivity index (χ2v) is 19.1. The number of rotatable bonds is 11. The second kappa shape index (κ2) is 18.0. The van der Waals surface area contributed by atoms with Gasteiger partial charge in [-0.1, -0.05) is 71.0 Å². The fraction of sp³-hybridized carbons (Fsp3) is 0.480.